The van der Waals surface area contributed by atoms with Crippen LogP contribution in [-0.4, -0.2) is 11.4 Å². The van der Waals surface area contributed by atoms with E-state index in [1.807, 2.05) is 12.2 Å². The number of fused-ring (bicyclic) bond motifs is 5. The van der Waals surface area contributed by atoms with E-state index >= 15 is 0 Å². The second-order valence-corrected chi connectivity index (χ2v) is 6.25. The summed E-state index contributed by atoms with van der Waals surface area (Å²) in [7, 11) is 0. The number of allylic oxidation sites excluding steroid dienone is 2. The lowest BCUT2D eigenvalue weighted by atomic mass is 9.85. The van der Waals surface area contributed by atoms with Crippen molar-refractivity contribution in [2.45, 2.75) is 12.2 Å². The van der Waals surface area contributed by atoms with E-state index in [0.29, 0.717) is 0 Å². The predicted molar refractivity (Wildman–Crippen MR) is 95.5 cm³/mol. The van der Waals surface area contributed by atoms with Gasteiger partial charge in [-0.3, -0.25) is 0 Å². The van der Waals surface area contributed by atoms with Crippen molar-refractivity contribution < 1.29 is 9.84 Å². The molecule has 3 aromatic carbocycles. The van der Waals surface area contributed by atoms with Crippen LogP contribution in [0.1, 0.15) is 17.0 Å². The second kappa shape index (κ2) is 5.08. The third-order valence-electron chi connectivity index (χ3n) is 5.01. The van der Waals surface area contributed by atoms with Crippen LogP contribution < -0.4 is 0 Å². The molecule has 3 aromatic rings. The van der Waals surface area contributed by atoms with Crippen LogP contribution in [0, 0.1) is 0 Å². The highest BCUT2D eigenvalue weighted by Gasteiger charge is 2.35. The van der Waals surface area contributed by atoms with Crippen LogP contribution in [0.25, 0.3) is 21.9 Å². The summed E-state index contributed by atoms with van der Waals surface area (Å²) in [5, 5.41) is 12.9. The smallest absolute Gasteiger partial charge is 0.220 e. The summed E-state index contributed by atoms with van der Waals surface area (Å²) in [5.41, 5.74) is 5.87. The van der Waals surface area contributed by atoms with Crippen molar-refractivity contribution in [2.24, 2.45) is 0 Å². The minimum atomic E-state index is -0.905. The van der Waals surface area contributed by atoms with Crippen LogP contribution in [0.3, 0.4) is 0 Å². The van der Waals surface area contributed by atoms with E-state index in [9.17, 15) is 5.11 Å². The van der Waals surface area contributed by atoms with Gasteiger partial charge in [0.25, 0.3) is 0 Å². The first-order valence-electron chi connectivity index (χ1n) is 8.16. The molecule has 2 nitrogen and oxygen atoms in total. The van der Waals surface area contributed by atoms with Gasteiger partial charge in [-0.1, -0.05) is 66.7 Å². The number of aliphatic hydroxyl groups excluding tert-OH is 1. The zero-order chi connectivity index (χ0) is 16.1. The maximum atomic E-state index is 10.4. The second-order valence-electron chi connectivity index (χ2n) is 6.25. The molecule has 0 saturated carbocycles. The van der Waals surface area contributed by atoms with Gasteiger partial charge in [-0.05, 0) is 39.1 Å². The molecule has 2 unspecified atom stereocenters. The maximum absolute atomic E-state index is 10.4. The number of rotatable bonds is 1. The summed E-state index contributed by atoms with van der Waals surface area (Å²) in [6.45, 7) is 0. The standard InChI is InChI=1S/C22H16O2/c23-22-19(10-5-13-24-22)21-17-9-4-3-8-16(17)18-12-11-14-6-1-2-7-15(14)20(18)21/h1-13,21-23H. The Morgan fingerprint density at radius 3 is 2.58 bits per heavy atom. The highest BCUT2D eigenvalue weighted by atomic mass is 16.6. The van der Waals surface area contributed by atoms with Crippen molar-refractivity contribution in [1.82, 2.24) is 0 Å². The Morgan fingerprint density at radius 2 is 1.67 bits per heavy atom. The topological polar surface area (TPSA) is 29.5 Å². The van der Waals surface area contributed by atoms with Crippen LogP contribution >= 0.6 is 0 Å². The van der Waals surface area contributed by atoms with Crippen LogP contribution in [0.15, 0.2) is 84.7 Å². The quantitative estimate of drug-likeness (QED) is 0.703. The molecule has 1 heterocycles. The molecule has 2 heteroatoms. The summed E-state index contributed by atoms with van der Waals surface area (Å²) >= 11 is 0. The van der Waals surface area contributed by atoms with Crippen molar-refractivity contribution in [3.05, 3.63) is 95.8 Å². The molecular weight excluding hydrogens is 296 g/mol. The zero-order valence-corrected chi connectivity index (χ0v) is 13.0. The van der Waals surface area contributed by atoms with Crippen molar-refractivity contribution in [1.29, 1.82) is 0 Å². The number of hydrogen-bond donors (Lipinski definition) is 1. The fourth-order valence-corrected chi connectivity index (χ4v) is 4.01. The molecule has 0 fully saturated rings. The van der Waals surface area contributed by atoms with Crippen LogP contribution in [0.5, 0.6) is 0 Å². The highest BCUT2D eigenvalue weighted by Crippen LogP contribution is 2.51. The number of hydrogen-bond acceptors (Lipinski definition) is 2. The van der Waals surface area contributed by atoms with E-state index in [1.54, 1.807) is 6.26 Å². The van der Waals surface area contributed by atoms with Gasteiger partial charge in [0.2, 0.25) is 6.29 Å². The lowest BCUT2D eigenvalue weighted by molar-refractivity contribution is -0.0259. The molecule has 0 amide bonds. The summed E-state index contributed by atoms with van der Waals surface area (Å²) in [6.07, 6.45) is 4.47. The number of ether oxygens (including phenoxy) is 1. The van der Waals surface area contributed by atoms with Crippen molar-refractivity contribution in [3.63, 3.8) is 0 Å². The fraction of sp³-hybridized carbons (Fsp3) is 0.0909. The van der Waals surface area contributed by atoms with Gasteiger partial charge in [0.1, 0.15) is 0 Å². The average Bonchev–Trinajstić information content (AvgIpc) is 2.97. The van der Waals surface area contributed by atoms with Crippen molar-refractivity contribution in [2.75, 3.05) is 0 Å². The van der Waals surface area contributed by atoms with E-state index in [0.717, 1.165) is 5.57 Å². The number of benzene rings is 3. The summed E-state index contributed by atoms with van der Waals surface area (Å²) in [4.78, 5) is 0. The van der Waals surface area contributed by atoms with Gasteiger partial charge in [-0.25, -0.2) is 0 Å². The highest BCUT2D eigenvalue weighted by molar-refractivity contribution is 5.97. The van der Waals surface area contributed by atoms with Crippen LogP contribution in [-0.2, 0) is 4.74 Å². The zero-order valence-electron chi connectivity index (χ0n) is 13.0. The molecule has 0 radical (unpaired) electrons. The van der Waals surface area contributed by atoms with E-state index < -0.39 is 6.29 Å². The van der Waals surface area contributed by atoms with Crippen LogP contribution in [0.2, 0.25) is 0 Å². The SMILES string of the molecule is OC1OC=CC=C1C1c2ccccc2-c2ccc3ccccc3c21. The first-order chi connectivity index (χ1) is 11.8. The molecule has 1 aliphatic heterocycles. The van der Waals surface area contributed by atoms with Gasteiger partial charge in [-0.15, -0.1) is 0 Å². The summed E-state index contributed by atoms with van der Waals surface area (Å²) in [6, 6.07) is 21.3. The Bertz CT molecular complexity index is 1010. The Morgan fingerprint density at radius 1 is 0.833 bits per heavy atom. The van der Waals surface area contributed by atoms with Gasteiger partial charge in [0.15, 0.2) is 0 Å². The molecule has 116 valence electrons. The third kappa shape index (κ3) is 1.81. The predicted octanol–water partition coefficient (Wildman–Crippen LogP) is 4.74. The minimum absolute atomic E-state index is 0.0160. The number of aliphatic hydroxyl groups is 1. The molecule has 1 N–H and O–H groups in total. The van der Waals surface area contributed by atoms with Crippen LogP contribution in [0.4, 0.5) is 0 Å². The first kappa shape index (κ1) is 13.6. The monoisotopic (exact) mass is 312 g/mol. The Labute approximate surface area is 140 Å². The molecule has 0 saturated heterocycles. The summed E-state index contributed by atoms with van der Waals surface area (Å²) < 4.78 is 5.35. The van der Waals surface area contributed by atoms with Gasteiger partial charge in [0, 0.05) is 11.5 Å². The first-order valence-corrected chi connectivity index (χ1v) is 8.16. The molecule has 1 aliphatic carbocycles. The molecule has 2 aliphatic rings. The molecule has 5 rings (SSSR count). The van der Waals surface area contributed by atoms with Gasteiger partial charge < -0.3 is 9.84 Å². The average molecular weight is 312 g/mol. The maximum Gasteiger partial charge on any atom is 0.220 e. The van der Waals surface area contributed by atoms with E-state index in [1.165, 1.54) is 33.0 Å². The molecule has 2 atom stereocenters. The summed E-state index contributed by atoms with van der Waals surface area (Å²) in [5.74, 6) is 0.0160. The largest absolute Gasteiger partial charge is 0.469 e. The van der Waals surface area contributed by atoms with E-state index in [2.05, 4.69) is 60.7 Å². The molecular formula is C22H16O2. The molecule has 24 heavy (non-hydrogen) atoms. The fourth-order valence-electron chi connectivity index (χ4n) is 4.01. The lowest BCUT2D eigenvalue weighted by Gasteiger charge is -2.24. The van der Waals surface area contributed by atoms with E-state index in [4.69, 9.17) is 4.74 Å². The Kier molecular flexibility index (Phi) is 2.88. The molecule has 0 aromatic heterocycles. The van der Waals surface area contributed by atoms with Gasteiger partial charge >= 0.3 is 0 Å². The van der Waals surface area contributed by atoms with Crippen molar-refractivity contribution in [3.8, 4) is 11.1 Å². The van der Waals surface area contributed by atoms with Gasteiger partial charge in [0.05, 0.1) is 6.26 Å². The Hall–Kier alpha value is -2.84. The Balaban J connectivity index is 1.87. The minimum Gasteiger partial charge on any atom is -0.469 e. The molecule has 0 spiro atoms. The normalized spacial score (nSPS) is 21.1. The third-order valence-corrected chi connectivity index (χ3v) is 5.01. The molecule has 0 bridgehead atoms. The van der Waals surface area contributed by atoms with Gasteiger partial charge in [-0.2, -0.15) is 0 Å². The lowest BCUT2D eigenvalue weighted by Crippen LogP contribution is -2.20. The van der Waals surface area contributed by atoms with E-state index in [-0.39, 0.29) is 5.92 Å². The van der Waals surface area contributed by atoms with Crippen molar-refractivity contribution >= 4 is 10.8 Å².